The lowest BCUT2D eigenvalue weighted by Crippen LogP contribution is -2.16. The molecule has 2 heteroatoms. The summed E-state index contributed by atoms with van der Waals surface area (Å²) in [6, 6.07) is 6.40. The molecule has 18 heavy (non-hydrogen) atoms. The number of ketones is 1. The van der Waals surface area contributed by atoms with E-state index in [0.29, 0.717) is 18.8 Å². The molecule has 0 spiro atoms. The summed E-state index contributed by atoms with van der Waals surface area (Å²) in [6.45, 7) is 0. The molecule has 0 aromatic heterocycles. The van der Waals surface area contributed by atoms with Gasteiger partial charge in [0.2, 0.25) is 0 Å². The van der Waals surface area contributed by atoms with E-state index < -0.39 is 0 Å². The molecule has 2 aliphatic carbocycles. The molecule has 0 amide bonds. The lowest BCUT2D eigenvalue weighted by atomic mass is 9.84. The van der Waals surface area contributed by atoms with Gasteiger partial charge < -0.3 is 0 Å². The van der Waals surface area contributed by atoms with Crippen LogP contribution in [0.5, 0.6) is 0 Å². The summed E-state index contributed by atoms with van der Waals surface area (Å²) in [7, 11) is 0. The Balaban J connectivity index is 1.56. The molecular weight excluding hydrogens is 227 g/mol. The van der Waals surface area contributed by atoms with Crippen LogP contribution < -0.4 is 0 Å². The zero-order valence-electron chi connectivity index (χ0n) is 10.6. The van der Waals surface area contributed by atoms with E-state index in [1.807, 2.05) is 6.07 Å². The van der Waals surface area contributed by atoms with Crippen LogP contribution in [0.25, 0.3) is 0 Å². The SMILES string of the molecule is O=C(Cc1cccc(F)c1)CC1CC2CCC1C2. The Morgan fingerprint density at radius 1 is 1.28 bits per heavy atom. The molecular formula is C16H19FO. The van der Waals surface area contributed by atoms with Gasteiger partial charge in [-0.25, -0.2) is 4.39 Å². The minimum absolute atomic E-state index is 0.250. The van der Waals surface area contributed by atoms with Crippen LogP contribution in [0.2, 0.25) is 0 Å². The highest BCUT2D eigenvalue weighted by Gasteiger charge is 2.39. The average Bonchev–Trinajstić information content (AvgIpc) is 2.90. The lowest BCUT2D eigenvalue weighted by Gasteiger charge is -2.20. The van der Waals surface area contributed by atoms with Gasteiger partial charge in [0.05, 0.1) is 0 Å². The molecule has 1 nitrogen and oxygen atoms in total. The molecule has 0 saturated heterocycles. The molecule has 2 bridgehead atoms. The molecule has 1 aromatic rings. The van der Waals surface area contributed by atoms with Gasteiger partial charge in [0, 0.05) is 12.8 Å². The van der Waals surface area contributed by atoms with Gasteiger partial charge >= 0.3 is 0 Å². The van der Waals surface area contributed by atoms with Crippen LogP contribution in [0.3, 0.4) is 0 Å². The van der Waals surface area contributed by atoms with Crippen molar-refractivity contribution in [2.24, 2.45) is 17.8 Å². The fourth-order valence-electron chi connectivity index (χ4n) is 3.87. The van der Waals surface area contributed by atoms with Crippen molar-refractivity contribution in [1.82, 2.24) is 0 Å². The zero-order valence-corrected chi connectivity index (χ0v) is 10.6. The maximum absolute atomic E-state index is 13.0. The normalized spacial score (nSPS) is 29.7. The highest BCUT2D eigenvalue weighted by Crippen LogP contribution is 2.49. The van der Waals surface area contributed by atoms with E-state index in [0.717, 1.165) is 17.4 Å². The molecule has 0 aliphatic heterocycles. The Hall–Kier alpha value is -1.18. The van der Waals surface area contributed by atoms with Crippen molar-refractivity contribution in [2.75, 3.05) is 0 Å². The van der Waals surface area contributed by atoms with E-state index in [1.165, 1.54) is 37.8 Å². The van der Waals surface area contributed by atoms with Gasteiger partial charge in [-0.05, 0) is 54.7 Å². The first-order valence-electron chi connectivity index (χ1n) is 6.97. The number of hydrogen-bond donors (Lipinski definition) is 0. The lowest BCUT2D eigenvalue weighted by molar-refractivity contribution is -0.119. The van der Waals surface area contributed by atoms with E-state index in [1.54, 1.807) is 6.07 Å². The molecule has 3 unspecified atom stereocenters. The average molecular weight is 246 g/mol. The minimum atomic E-state index is -0.250. The molecule has 2 aliphatic rings. The number of carbonyl (C=O) groups is 1. The van der Waals surface area contributed by atoms with Gasteiger partial charge in [-0.15, -0.1) is 0 Å². The van der Waals surface area contributed by atoms with Gasteiger partial charge in [-0.1, -0.05) is 18.6 Å². The summed E-state index contributed by atoms with van der Waals surface area (Å²) in [5.74, 6) is 2.33. The summed E-state index contributed by atoms with van der Waals surface area (Å²) < 4.78 is 13.0. The third-order valence-electron chi connectivity index (χ3n) is 4.66. The molecule has 1 aromatic carbocycles. The standard InChI is InChI=1S/C16H19FO/c17-15-3-1-2-11(8-15)9-16(18)10-14-7-12-4-5-13(14)6-12/h1-3,8,12-14H,4-7,9-10H2. The van der Waals surface area contributed by atoms with Crippen molar-refractivity contribution in [3.8, 4) is 0 Å². The number of rotatable bonds is 4. The van der Waals surface area contributed by atoms with Gasteiger partial charge in [-0.2, -0.15) is 0 Å². The fourth-order valence-corrected chi connectivity index (χ4v) is 3.87. The van der Waals surface area contributed by atoms with Crippen molar-refractivity contribution < 1.29 is 9.18 Å². The Morgan fingerprint density at radius 3 is 2.83 bits per heavy atom. The Labute approximate surface area is 107 Å². The van der Waals surface area contributed by atoms with E-state index >= 15 is 0 Å². The fraction of sp³-hybridized carbons (Fsp3) is 0.562. The van der Waals surface area contributed by atoms with Gasteiger partial charge in [0.1, 0.15) is 11.6 Å². The highest BCUT2D eigenvalue weighted by atomic mass is 19.1. The van der Waals surface area contributed by atoms with E-state index in [4.69, 9.17) is 0 Å². The first-order chi connectivity index (χ1) is 8.70. The van der Waals surface area contributed by atoms with E-state index in [-0.39, 0.29) is 11.6 Å². The van der Waals surface area contributed by atoms with E-state index in [2.05, 4.69) is 0 Å². The van der Waals surface area contributed by atoms with Crippen molar-refractivity contribution in [3.63, 3.8) is 0 Å². The molecule has 3 rings (SSSR count). The van der Waals surface area contributed by atoms with Crippen LogP contribution in [0.15, 0.2) is 24.3 Å². The first-order valence-corrected chi connectivity index (χ1v) is 6.97. The second kappa shape index (κ2) is 4.83. The van der Waals surface area contributed by atoms with Gasteiger partial charge in [-0.3, -0.25) is 4.79 Å². The number of Topliss-reactive ketones (excluding diaryl/α,β-unsaturated/α-hetero) is 1. The van der Waals surface area contributed by atoms with E-state index in [9.17, 15) is 9.18 Å². The predicted octanol–water partition coefficient (Wildman–Crippen LogP) is 3.76. The highest BCUT2D eigenvalue weighted by molar-refractivity contribution is 5.81. The van der Waals surface area contributed by atoms with Crippen LogP contribution in [0, 0.1) is 23.6 Å². The third-order valence-corrected chi connectivity index (χ3v) is 4.66. The van der Waals surface area contributed by atoms with Crippen molar-refractivity contribution >= 4 is 5.78 Å². The minimum Gasteiger partial charge on any atom is -0.299 e. The Kier molecular flexibility index (Phi) is 3.19. The van der Waals surface area contributed by atoms with Crippen LogP contribution in [0.1, 0.15) is 37.7 Å². The number of hydrogen-bond acceptors (Lipinski definition) is 1. The number of benzene rings is 1. The third kappa shape index (κ3) is 2.47. The van der Waals surface area contributed by atoms with Crippen LogP contribution >= 0.6 is 0 Å². The van der Waals surface area contributed by atoms with Crippen LogP contribution in [-0.4, -0.2) is 5.78 Å². The van der Waals surface area contributed by atoms with Crippen molar-refractivity contribution in [1.29, 1.82) is 0 Å². The maximum atomic E-state index is 13.0. The Bertz CT molecular complexity index is 454. The summed E-state index contributed by atoms with van der Waals surface area (Å²) in [5.41, 5.74) is 0.808. The van der Waals surface area contributed by atoms with Gasteiger partial charge in [0.15, 0.2) is 0 Å². The second-order valence-electron chi connectivity index (χ2n) is 5.98. The topological polar surface area (TPSA) is 17.1 Å². The molecule has 0 radical (unpaired) electrons. The summed E-state index contributed by atoms with van der Waals surface area (Å²) in [5, 5.41) is 0. The smallest absolute Gasteiger partial charge is 0.137 e. The molecule has 2 saturated carbocycles. The molecule has 0 N–H and O–H groups in total. The number of fused-ring (bicyclic) bond motifs is 2. The monoisotopic (exact) mass is 246 g/mol. The number of carbonyl (C=O) groups excluding carboxylic acids is 1. The second-order valence-corrected chi connectivity index (χ2v) is 5.98. The van der Waals surface area contributed by atoms with Crippen molar-refractivity contribution in [2.45, 2.75) is 38.5 Å². The molecule has 96 valence electrons. The van der Waals surface area contributed by atoms with Crippen LogP contribution in [0.4, 0.5) is 4.39 Å². The summed E-state index contributed by atoms with van der Waals surface area (Å²) >= 11 is 0. The Morgan fingerprint density at radius 2 is 2.17 bits per heavy atom. The summed E-state index contributed by atoms with van der Waals surface area (Å²) in [6.07, 6.45) is 6.39. The maximum Gasteiger partial charge on any atom is 0.137 e. The first kappa shape index (κ1) is 11.9. The van der Waals surface area contributed by atoms with Crippen LogP contribution in [-0.2, 0) is 11.2 Å². The quantitative estimate of drug-likeness (QED) is 0.790. The number of halogens is 1. The molecule has 2 fully saturated rings. The van der Waals surface area contributed by atoms with Crippen molar-refractivity contribution in [3.05, 3.63) is 35.6 Å². The predicted molar refractivity (Wildman–Crippen MR) is 68.7 cm³/mol. The molecule has 3 atom stereocenters. The van der Waals surface area contributed by atoms with Gasteiger partial charge in [0.25, 0.3) is 0 Å². The zero-order chi connectivity index (χ0) is 12.5. The largest absolute Gasteiger partial charge is 0.299 e. The summed E-state index contributed by atoms with van der Waals surface area (Å²) in [4.78, 5) is 12.0. The molecule has 0 heterocycles.